The first kappa shape index (κ1) is 9.63. The van der Waals surface area contributed by atoms with E-state index in [1.165, 1.54) is 16.7 Å². The molecule has 1 aromatic rings. The van der Waals surface area contributed by atoms with Crippen LogP contribution in [0.15, 0.2) is 17.3 Å². The Morgan fingerprint density at radius 2 is 2.36 bits per heavy atom. The minimum absolute atomic E-state index is 0.0391. The van der Waals surface area contributed by atoms with Crippen molar-refractivity contribution < 1.29 is 13.5 Å². The Labute approximate surface area is 81.6 Å². The Hall–Kier alpha value is -0.920. The summed E-state index contributed by atoms with van der Waals surface area (Å²) in [6, 6.07) is 0. The van der Waals surface area contributed by atoms with E-state index in [0.29, 0.717) is 13.1 Å². The molecule has 1 fully saturated rings. The van der Waals surface area contributed by atoms with Gasteiger partial charge in [-0.05, 0) is 0 Å². The third-order valence-electron chi connectivity index (χ3n) is 2.29. The van der Waals surface area contributed by atoms with Crippen LogP contribution in [-0.2, 0) is 10.0 Å². The first-order valence-corrected chi connectivity index (χ1v) is 5.68. The Bertz CT molecular complexity index is 394. The van der Waals surface area contributed by atoms with Gasteiger partial charge in [0.05, 0.1) is 6.20 Å². The number of aliphatic hydroxyl groups is 1. The van der Waals surface area contributed by atoms with E-state index in [4.69, 9.17) is 5.11 Å². The highest BCUT2D eigenvalue weighted by Gasteiger charge is 2.36. The second-order valence-corrected chi connectivity index (χ2v) is 5.24. The van der Waals surface area contributed by atoms with Crippen molar-refractivity contribution in [1.82, 2.24) is 14.5 Å². The number of aromatic amines is 1. The Morgan fingerprint density at radius 3 is 2.86 bits per heavy atom. The molecule has 78 valence electrons. The second-order valence-electron chi connectivity index (χ2n) is 3.30. The van der Waals surface area contributed by atoms with E-state index in [-0.39, 0.29) is 17.4 Å². The molecule has 0 unspecified atom stereocenters. The molecule has 2 rings (SSSR count). The average molecular weight is 217 g/mol. The number of hydrogen-bond donors (Lipinski definition) is 2. The Morgan fingerprint density at radius 1 is 1.64 bits per heavy atom. The summed E-state index contributed by atoms with van der Waals surface area (Å²) in [7, 11) is -3.37. The summed E-state index contributed by atoms with van der Waals surface area (Å²) < 4.78 is 24.8. The van der Waals surface area contributed by atoms with E-state index >= 15 is 0 Å². The molecule has 0 atom stereocenters. The summed E-state index contributed by atoms with van der Waals surface area (Å²) in [5.74, 6) is 0.0803. The fraction of sp³-hybridized carbons (Fsp3) is 0.571. The minimum atomic E-state index is -3.37. The van der Waals surface area contributed by atoms with Gasteiger partial charge in [-0.15, -0.1) is 0 Å². The van der Waals surface area contributed by atoms with E-state index in [1.807, 2.05) is 0 Å². The van der Waals surface area contributed by atoms with Crippen molar-refractivity contribution in [3.05, 3.63) is 12.4 Å². The van der Waals surface area contributed by atoms with Gasteiger partial charge < -0.3 is 5.11 Å². The van der Waals surface area contributed by atoms with Crippen LogP contribution in [0.25, 0.3) is 0 Å². The third-order valence-corrected chi connectivity index (χ3v) is 4.09. The van der Waals surface area contributed by atoms with Gasteiger partial charge in [0.15, 0.2) is 0 Å². The molecule has 0 bridgehead atoms. The SMILES string of the molecule is O=S(=O)(c1cn[nH]c1)N1CC(CO)C1. The number of nitrogens with zero attached hydrogens (tertiary/aromatic N) is 2. The van der Waals surface area contributed by atoms with Gasteiger partial charge in [0.1, 0.15) is 4.90 Å². The van der Waals surface area contributed by atoms with E-state index in [9.17, 15) is 8.42 Å². The Balaban J connectivity index is 2.12. The van der Waals surface area contributed by atoms with E-state index in [0.717, 1.165) is 0 Å². The molecule has 0 aromatic carbocycles. The number of sulfonamides is 1. The molecule has 1 saturated heterocycles. The van der Waals surface area contributed by atoms with Crippen LogP contribution in [0, 0.1) is 5.92 Å². The lowest BCUT2D eigenvalue weighted by Gasteiger charge is -2.36. The standard InChI is InChI=1S/C7H11N3O3S/c11-5-6-3-10(4-6)14(12,13)7-1-8-9-2-7/h1-2,6,11H,3-5H2,(H,8,9). The smallest absolute Gasteiger partial charge is 0.246 e. The van der Waals surface area contributed by atoms with Gasteiger partial charge in [-0.1, -0.05) is 0 Å². The maximum Gasteiger partial charge on any atom is 0.246 e. The van der Waals surface area contributed by atoms with E-state index in [1.54, 1.807) is 0 Å². The monoisotopic (exact) mass is 217 g/mol. The summed E-state index contributed by atoms with van der Waals surface area (Å²) in [6.45, 7) is 0.825. The number of aliphatic hydroxyl groups excluding tert-OH is 1. The molecular formula is C7H11N3O3S. The molecular weight excluding hydrogens is 206 g/mol. The van der Waals surface area contributed by atoms with Crippen molar-refractivity contribution in [2.45, 2.75) is 4.90 Å². The van der Waals surface area contributed by atoms with Crippen molar-refractivity contribution in [3.63, 3.8) is 0 Å². The van der Waals surface area contributed by atoms with E-state index in [2.05, 4.69) is 10.2 Å². The second kappa shape index (κ2) is 3.34. The predicted octanol–water partition coefficient (Wildman–Crippen LogP) is -0.977. The zero-order chi connectivity index (χ0) is 10.2. The fourth-order valence-corrected chi connectivity index (χ4v) is 2.86. The van der Waals surface area contributed by atoms with Crippen LogP contribution < -0.4 is 0 Å². The zero-order valence-corrected chi connectivity index (χ0v) is 8.24. The molecule has 1 aliphatic heterocycles. The van der Waals surface area contributed by atoms with Gasteiger partial charge >= 0.3 is 0 Å². The summed E-state index contributed by atoms with van der Waals surface area (Å²) in [4.78, 5) is 0.175. The van der Waals surface area contributed by atoms with Crippen LogP contribution in [0.4, 0.5) is 0 Å². The number of rotatable bonds is 3. The van der Waals surface area contributed by atoms with Crippen molar-refractivity contribution in [1.29, 1.82) is 0 Å². The van der Waals surface area contributed by atoms with Crippen molar-refractivity contribution in [2.24, 2.45) is 5.92 Å². The van der Waals surface area contributed by atoms with Crippen LogP contribution in [0.5, 0.6) is 0 Å². The van der Waals surface area contributed by atoms with Gasteiger partial charge in [-0.3, -0.25) is 5.10 Å². The quantitative estimate of drug-likeness (QED) is 0.681. The van der Waals surface area contributed by atoms with Crippen LogP contribution in [0.3, 0.4) is 0 Å². The molecule has 1 aliphatic rings. The van der Waals surface area contributed by atoms with Crippen molar-refractivity contribution in [2.75, 3.05) is 19.7 Å². The third kappa shape index (κ3) is 1.43. The summed E-state index contributed by atoms with van der Waals surface area (Å²) >= 11 is 0. The summed E-state index contributed by atoms with van der Waals surface area (Å²) in [5, 5.41) is 14.8. The average Bonchev–Trinajstić information content (AvgIpc) is 2.53. The topological polar surface area (TPSA) is 86.3 Å². The zero-order valence-electron chi connectivity index (χ0n) is 7.42. The maximum atomic E-state index is 11.7. The summed E-state index contributed by atoms with van der Waals surface area (Å²) in [5.41, 5.74) is 0. The van der Waals surface area contributed by atoms with E-state index < -0.39 is 10.0 Å². The van der Waals surface area contributed by atoms with Gasteiger partial charge in [-0.25, -0.2) is 8.42 Å². The molecule has 1 aromatic heterocycles. The molecule has 2 heterocycles. The van der Waals surface area contributed by atoms with Crippen LogP contribution in [0.2, 0.25) is 0 Å². The molecule has 0 radical (unpaired) electrons. The highest BCUT2D eigenvalue weighted by atomic mass is 32.2. The Kier molecular flexibility index (Phi) is 2.30. The minimum Gasteiger partial charge on any atom is -0.396 e. The van der Waals surface area contributed by atoms with Crippen LogP contribution in [0.1, 0.15) is 0 Å². The molecule has 2 N–H and O–H groups in total. The first-order chi connectivity index (χ1) is 6.64. The van der Waals surface area contributed by atoms with Gasteiger partial charge in [0, 0.05) is 31.8 Å². The molecule has 6 nitrogen and oxygen atoms in total. The predicted molar refractivity (Wildman–Crippen MR) is 47.9 cm³/mol. The molecule has 0 saturated carbocycles. The lowest BCUT2D eigenvalue weighted by atomic mass is 10.1. The lowest BCUT2D eigenvalue weighted by Crippen LogP contribution is -2.51. The molecule has 14 heavy (non-hydrogen) atoms. The highest BCUT2D eigenvalue weighted by Crippen LogP contribution is 2.23. The number of H-pyrrole nitrogens is 1. The van der Waals surface area contributed by atoms with Gasteiger partial charge in [0.2, 0.25) is 10.0 Å². The highest BCUT2D eigenvalue weighted by molar-refractivity contribution is 7.89. The lowest BCUT2D eigenvalue weighted by molar-refractivity contribution is 0.117. The largest absolute Gasteiger partial charge is 0.396 e. The normalized spacial score (nSPS) is 19.5. The number of hydrogen-bond acceptors (Lipinski definition) is 4. The fourth-order valence-electron chi connectivity index (χ4n) is 1.36. The van der Waals surface area contributed by atoms with Crippen LogP contribution >= 0.6 is 0 Å². The van der Waals surface area contributed by atoms with Crippen molar-refractivity contribution >= 4 is 10.0 Å². The van der Waals surface area contributed by atoms with Crippen LogP contribution in [-0.4, -0.2) is 47.7 Å². The molecule has 0 spiro atoms. The maximum absolute atomic E-state index is 11.7. The van der Waals surface area contributed by atoms with Gasteiger partial charge in [-0.2, -0.15) is 9.40 Å². The van der Waals surface area contributed by atoms with Gasteiger partial charge in [0.25, 0.3) is 0 Å². The molecule has 0 aliphatic carbocycles. The van der Waals surface area contributed by atoms with Crippen molar-refractivity contribution in [3.8, 4) is 0 Å². The number of aromatic nitrogens is 2. The first-order valence-electron chi connectivity index (χ1n) is 4.24. The summed E-state index contributed by atoms with van der Waals surface area (Å²) in [6.07, 6.45) is 2.63. The molecule has 0 amide bonds. The number of nitrogens with one attached hydrogen (secondary N) is 1. The molecule has 7 heteroatoms.